The van der Waals surface area contributed by atoms with Crippen LogP contribution >= 0.6 is 0 Å². The second kappa shape index (κ2) is 7.38. The van der Waals surface area contributed by atoms with Gasteiger partial charge < -0.3 is 15.7 Å². The first-order chi connectivity index (χ1) is 11.7. The first-order valence-corrected chi connectivity index (χ1v) is 8.18. The predicted molar refractivity (Wildman–Crippen MR) is 98.6 cm³/mol. The Hall–Kier alpha value is -2.82. The van der Waals surface area contributed by atoms with Crippen molar-refractivity contribution in [3.8, 4) is 11.1 Å². The Morgan fingerprint density at radius 1 is 1.04 bits per heavy atom. The molecule has 2 rings (SSSR count). The Morgan fingerprint density at radius 2 is 1.64 bits per heavy atom. The Balaban J connectivity index is 2.20. The van der Waals surface area contributed by atoms with Crippen LogP contribution in [0.25, 0.3) is 11.1 Å². The lowest BCUT2D eigenvalue weighted by Crippen LogP contribution is -2.45. The van der Waals surface area contributed by atoms with Crippen LogP contribution in [-0.4, -0.2) is 34.1 Å². The molecule has 2 aromatic rings. The molecule has 0 aromatic heterocycles. The van der Waals surface area contributed by atoms with Gasteiger partial charge in [-0.25, -0.2) is 4.79 Å². The molecule has 0 aliphatic rings. The molecule has 0 unspecified atom stereocenters. The lowest BCUT2D eigenvalue weighted by atomic mass is 9.99. The molecule has 2 aromatic carbocycles. The fourth-order valence-corrected chi connectivity index (χ4v) is 2.72. The first-order valence-electron chi connectivity index (χ1n) is 8.18. The van der Waals surface area contributed by atoms with E-state index in [1.165, 1.54) is 4.90 Å². The minimum absolute atomic E-state index is 0.420. The summed E-state index contributed by atoms with van der Waals surface area (Å²) in [6, 6.07) is 15.1. The van der Waals surface area contributed by atoms with E-state index in [9.17, 15) is 14.7 Å². The van der Waals surface area contributed by atoms with Crippen molar-refractivity contribution >= 4 is 12.0 Å². The van der Waals surface area contributed by atoms with Crippen LogP contribution in [0.1, 0.15) is 36.7 Å². The van der Waals surface area contributed by atoms with E-state index in [2.05, 4.69) is 0 Å². The van der Waals surface area contributed by atoms with Gasteiger partial charge in [-0.1, -0.05) is 36.4 Å². The van der Waals surface area contributed by atoms with Crippen LogP contribution in [0.3, 0.4) is 0 Å². The molecule has 0 heterocycles. The van der Waals surface area contributed by atoms with Crippen molar-refractivity contribution in [3.05, 3.63) is 59.7 Å². The van der Waals surface area contributed by atoms with Gasteiger partial charge >= 0.3 is 6.09 Å². The average Bonchev–Trinajstić information content (AvgIpc) is 2.54. The first kappa shape index (κ1) is 18.5. The van der Waals surface area contributed by atoms with Crippen LogP contribution in [0.15, 0.2) is 48.5 Å². The lowest BCUT2D eigenvalue weighted by Gasteiger charge is -2.33. The standard InChI is InChI=1S/C20H24N2O3/c1-20(2,3)22(19(24)25)11-10-14-6-4-7-15(12-14)16-8-5-9-17(13-16)18(21)23/h4-9,12-13H,10-11H2,1-3H3,(H2,21,23)(H,24,25). The number of carbonyl (C=O) groups is 2. The Morgan fingerprint density at radius 3 is 2.20 bits per heavy atom. The molecule has 0 atom stereocenters. The summed E-state index contributed by atoms with van der Waals surface area (Å²) in [7, 11) is 0. The number of hydrogen-bond acceptors (Lipinski definition) is 2. The van der Waals surface area contributed by atoms with E-state index in [1.54, 1.807) is 18.2 Å². The van der Waals surface area contributed by atoms with Gasteiger partial charge in [-0.15, -0.1) is 0 Å². The zero-order chi connectivity index (χ0) is 18.6. The zero-order valence-corrected chi connectivity index (χ0v) is 14.8. The van der Waals surface area contributed by atoms with Crippen molar-refractivity contribution in [1.29, 1.82) is 0 Å². The monoisotopic (exact) mass is 340 g/mol. The maximum Gasteiger partial charge on any atom is 0.407 e. The second-order valence-electron chi connectivity index (χ2n) is 7.00. The molecule has 0 saturated carbocycles. The molecular formula is C20H24N2O3. The normalized spacial score (nSPS) is 11.2. The summed E-state index contributed by atoms with van der Waals surface area (Å²) in [4.78, 5) is 24.2. The molecule has 3 N–H and O–H groups in total. The Labute approximate surface area is 148 Å². The third kappa shape index (κ3) is 4.83. The van der Waals surface area contributed by atoms with Crippen molar-refractivity contribution < 1.29 is 14.7 Å². The van der Waals surface area contributed by atoms with Crippen LogP contribution in [-0.2, 0) is 6.42 Å². The summed E-state index contributed by atoms with van der Waals surface area (Å²) in [6.45, 7) is 6.07. The molecular weight excluding hydrogens is 316 g/mol. The van der Waals surface area contributed by atoms with Crippen LogP contribution in [0, 0.1) is 0 Å². The van der Waals surface area contributed by atoms with Gasteiger partial charge in [0, 0.05) is 17.6 Å². The number of nitrogens with zero attached hydrogens (tertiary/aromatic N) is 1. The summed E-state index contributed by atoms with van der Waals surface area (Å²) in [5.74, 6) is -0.458. The predicted octanol–water partition coefficient (Wildman–Crippen LogP) is 3.77. The number of amides is 2. The van der Waals surface area contributed by atoms with Gasteiger partial charge in [0.1, 0.15) is 0 Å². The van der Waals surface area contributed by atoms with Gasteiger partial charge in [-0.2, -0.15) is 0 Å². The second-order valence-corrected chi connectivity index (χ2v) is 7.00. The van der Waals surface area contributed by atoms with Gasteiger partial charge in [0.15, 0.2) is 0 Å². The summed E-state index contributed by atoms with van der Waals surface area (Å²) >= 11 is 0. The molecule has 0 saturated heterocycles. The average molecular weight is 340 g/mol. The number of nitrogens with two attached hydrogens (primary N) is 1. The quantitative estimate of drug-likeness (QED) is 0.869. The highest BCUT2D eigenvalue weighted by Gasteiger charge is 2.25. The van der Waals surface area contributed by atoms with E-state index in [1.807, 2.05) is 51.1 Å². The molecule has 5 nitrogen and oxygen atoms in total. The molecule has 2 amide bonds. The fraction of sp³-hybridized carbons (Fsp3) is 0.300. The smallest absolute Gasteiger partial charge is 0.407 e. The van der Waals surface area contributed by atoms with E-state index in [0.717, 1.165) is 16.7 Å². The van der Waals surface area contributed by atoms with Crippen LogP contribution < -0.4 is 5.73 Å². The summed E-state index contributed by atoms with van der Waals surface area (Å²) in [5, 5.41) is 9.38. The largest absolute Gasteiger partial charge is 0.465 e. The van der Waals surface area contributed by atoms with Crippen molar-refractivity contribution in [2.24, 2.45) is 5.73 Å². The zero-order valence-electron chi connectivity index (χ0n) is 14.8. The summed E-state index contributed by atoms with van der Waals surface area (Å²) in [5.41, 5.74) is 8.28. The minimum Gasteiger partial charge on any atom is -0.465 e. The van der Waals surface area contributed by atoms with Crippen molar-refractivity contribution in [1.82, 2.24) is 4.90 Å². The summed E-state index contributed by atoms with van der Waals surface area (Å²) < 4.78 is 0. The highest BCUT2D eigenvalue weighted by atomic mass is 16.4. The molecule has 0 aliphatic carbocycles. The third-order valence-corrected chi connectivity index (χ3v) is 4.07. The number of carboxylic acid groups (broad SMARTS) is 1. The fourth-order valence-electron chi connectivity index (χ4n) is 2.72. The van der Waals surface area contributed by atoms with Crippen LogP contribution in [0.4, 0.5) is 4.79 Å². The van der Waals surface area contributed by atoms with E-state index >= 15 is 0 Å². The van der Waals surface area contributed by atoms with E-state index in [4.69, 9.17) is 5.73 Å². The van der Waals surface area contributed by atoms with Gasteiger partial charge in [-0.3, -0.25) is 4.79 Å². The number of hydrogen-bond donors (Lipinski definition) is 2. The maximum absolute atomic E-state index is 11.4. The lowest BCUT2D eigenvalue weighted by molar-refractivity contribution is 0.0994. The van der Waals surface area contributed by atoms with E-state index in [-0.39, 0.29) is 0 Å². The van der Waals surface area contributed by atoms with Crippen molar-refractivity contribution in [2.75, 3.05) is 6.54 Å². The number of carbonyl (C=O) groups excluding carboxylic acids is 1. The molecule has 132 valence electrons. The van der Waals surface area contributed by atoms with Crippen molar-refractivity contribution in [2.45, 2.75) is 32.7 Å². The summed E-state index contributed by atoms with van der Waals surface area (Å²) in [6.07, 6.45) is -0.301. The molecule has 0 radical (unpaired) electrons. The molecule has 0 fully saturated rings. The Bertz CT molecular complexity index is 779. The van der Waals surface area contributed by atoms with Gasteiger partial charge in [0.2, 0.25) is 5.91 Å². The highest BCUT2D eigenvalue weighted by Crippen LogP contribution is 2.22. The van der Waals surface area contributed by atoms with E-state index in [0.29, 0.717) is 18.5 Å². The third-order valence-electron chi connectivity index (χ3n) is 4.07. The van der Waals surface area contributed by atoms with Gasteiger partial charge in [0.25, 0.3) is 0 Å². The van der Waals surface area contributed by atoms with Crippen LogP contribution in [0.5, 0.6) is 0 Å². The molecule has 25 heavy (non-hydrogen) atoms. The van der Waals surface area contributed by atoms with E-state index < -0.39 is 17.5 Å². The highest BCUT2D eigenvalue weighted by molar-refractivity contribution is 5.94. The maximum atomic E-state index is 11.4. The van der Waals surface area contributed by atoms with Gasteiger partial charge in [-0.05, 0) is 56.0 Å². The topological polar surface area (TPSA) is 83.6 Å². The molecule has 0 aliphatic heterocycles. The SMILES string of the molecule is CC(C)(C)N(CCc1cccc(-c2cccc(C(N)=O)c2)c1)C(=O)O. The van der Waals surface area contributed by atoms with Crippen molar-refractivity contribution in [3.63, 3.8) is 0 Å². The van der Waals surface area contributed by atoms with Gasteiger partial charge in [0.05, 0.1) is 0 Å². The number of rotatable bonds is 5. The number of primary amides is 1. The molecule has 5 heteroatoms. The number of benzene rings is 2. The molecule has 0 spiro atoms. The van der Waals surface area contributed by atoms with Crippen LogP contribution in [0.2, 0.25) is 0 Å². The Kier molecular flexibility index (Phi) is 5.47. The molecule has 0 bridgehead atoms. The minimum atomic E-state index is -0.919.